The lowest BCUT2D eigenvalue weighted by Crippen LogP contribution is -2.41. The van der Waals surface area contributed by atoms with Crippen LogP contribution in [0.5, 0.6) is 5.75 Å². The number of ether oxygens (including phenoxy) is 1. The molecule has 0 aliphatic carbocycles. The van der Waals surface area contributed by atoms with Crippen LogP contribution in [0.4, 0.5) is 49.6 Å². The van der Waals surface area contributed by atoms with Crippen LogP contribution in [-0.2, 0) is 25.6 Å². The van der Waals surface area contributed by atoms with Gasteiger partial charge in [-0.2, -0.15) is 39.5 Å². The summed E-state index contributed by atoms with van der Waals surface area (Å²) < 4.78 is 134. The normalized spacial score (nSPS) is 12.1. The van der Waals surface area contributed by atoms with E-state index in [1.165, 1.54) is 4.98 Å². The molecule has 3 N–H and O–H groups in total. The first kappa shape index (κ1) is 38.0. The smallest absolute Gasteiger partial charge is 0.431 e. The molecule has 0 amide bonds. The molecule has 2 heterocycles. The molecular weight excluding hydrogens is 747 g/mol. The molecule has 0 unspecified atom stereocenters. The molecule has 4 rings (SSSR count). The number of H-pyrrole nitrogens is 1. The predicted octanol–water partition coefficient (Wildman–Crippen LogP) is 5.81. The molecule has 260 valence electrons. The Bertz CT molecular complexity index is 2100. The minimum absolute atomic E-state index is 0.0612. The van der Waals surface area contributed by atoms with Gasteiger partial charge >= 0.3 is 29.9 Å². The van der Waals surface area contributed by atoms with E-state index in [4.69, 9.17) is 45.3 Å². The van der Waals surface area contributed by atoms with Crippen LogP contribution in [0.25, 0.3) is 11.4 Å². The third-order valence-corrected chi connectivity index (χ3v) is 6.90. The van der Waals surface area contributed by atoms with E-state index in [-0.39, 0.29) is 36.6 Å². The lowest BCUT2D eigenvalue weighted by atomic mass is 10.2. The molecule has 4 aromatic rings. The first-order valence-corrected chi connectivity index (χ1v) is 13.2. The zero-order valence-corrected chi connectivity index (χ0v) is 25.5. The summed E-state index contributed by atoms with van der Waals surface area (Å²) >= 11 is 17.0. The second kappa shape index (κ2) is 13.2. The molecule has 0 saturated carbocycles. The van der Waals surface area contributed by atoms with Crippen LogP contribution in [-0.4, -0.2) is 25.8 Å². The Labute approximate surface area is 273 Å². The molecule has 2 aromatic carbocycles. The number of methoxy groups -OCH3 is 1. The predicted molar refractivity (Wildman–Crippen MR) is 151 cm³/mol. The molecule has 0 bridgehead atoms. The van der Waals surface area contributed by atoms with Gasteiger partial charge in [0.1, 0.15) is 22.8 Å². The number of hydrogen-bond acceptors (Lipinski definition) is 6. The SMILES string of the molecule is COc1c(Cl)cc(F)c(-n2c(=O)cc(C(F)(F)F)n(C)c2=O)c1N.O=c1cc(C(F)(F)F)[nH]c(=O)n1-c1c(Cl)cc(C(F)(F)F)cc1Cl. The van der Waals surface area contributed by atoms with Crippen molar-refractivity contribution >= 4 is 40.5 Å². The molecule has 0 aliphatic rings. The number of nitrogens with zero attached hydrogens (tertiary/aromatic N) is 3. The Morgan fingerprint density at radius 2 is 1.25 bits per heavy atom. The number of aromatic amines is 1. The monoisotopic (exact) mass is 759 g/mol. The molecule has 0 radical (unpaired) electrons. The average molecular weight is 761 g/mol. The maximum absolute atomic E-state index is 14.2. The van der Waals surface area contributed by atoms with E-state index in [9.17, 15) is 63.1 Å². The Kier molecular flexibility index (Phi) is 10.5. The van der Waals surface area contributed by atoms with Crippen LogP contribution < -0.4 is 33.0 Å². The molecule has 23 heteroatoms. The lowest BCUT2D eigenvalue weighted by Gasteiger charge is -2.17. The second-order valence-corrected chi connectivity index (χ2v) is 10.3. The molecule has 48 heavy (non-hydrogen) atoms. The van der Waals surface area contributed by atoms with Crippen molar-refractivity contribution in [1.29, 1.82) is 0 Å². The van der Waals surface area contributed by atoms with E-state index >= 15 is 0 Å². The first-order valence-electron chi connectivity index (χ1n) is 12.0. The summed E-state index contributed by atoms with van der Waals surface area (Å²) in [5.74, 6) is -1.39. The van der Waals surface area contributed by atoms with Gasteiger partial charge in [-0.25, -0.2) is 23.1 Å². The number of halogens is 13. The van der Waals surface area contributed by atoms with E-state index in [0.29, 0.717) is 12.1 Å². The standard InChI is InChI=1S/C13H10ClF4N3O3.C12H4Cl2F6N2O2/c1-20-7(13(16,17)18)4-8(22)21(12(20)23)10-6(15)3-5(14)11(24-2)9(10)19;13-5-1-4(11(15,16)17)2-6(14)9(5)22-8(23)3-7(12(18,19)20)21-10(22)24/h3-4H,19H2,1-2H3;1-3H,(H,21,24). The third kappa shape index (κ3) is 7.49. The van der Waals surface area contributed by atoms with Gasteiger partial charge in [0, 0.05) is 19.2 Å². The van der Waals surface area contributed by atoms with Gasteiger partial charge in [-0.15, -0.1) is 0 Å². The molecule has 0 spiro atoms. The van der Waals surface area contributed by atoms with Crippen LogP contribution >= 0.6 is 34.8 Å². The Balaban J connectivity index is 0.000000260. The lowest BCUT2D eigenvalue weighted by molar-refractivity contribution is -0.144. The van der Waals surface area contributed by atoms with E-state index in [0.717, 1.165) is 20.2 Å². The minimum atomic E-state index is -4.99. The van der Waals surface area contributed by atoms with Crippen molar-refractivity contribution < 1.29 is 48.6 Å². The Morgan fingerprint density at radius 3 is 1.69 bits per heavy atom. The van der Waals surface area contributed by atoms with Crippen LogP contribution in [0, 0.1) is 5.82 Å². The quantitative estimate of drug-likeness (QED) is 0.200. The second-order valence-electron chi connectivity index (χ2n) is 9.12. The van der Waals surface area contributed by atoms with E-state index in [2.05, 4.69) is 0 Å². The topological polar surface area (TPSA) is 134 Å². The number of nitrogen functional groups attached to an aromatic ring is 1. The van der Waals surface area contributed by atoms with Crippen molar-refractivity contribution in [2.75, 3.05) is 12.8 Å². The van der Waals surface area contributed by atoms with Gasteiger partial charge in [-0.1, -0.05) is 34.8 Å². The molecule has 0 saturated heterocycles. The number of nitrogens with two attached hydrogens (primary N) is 1. The summed E-state index contributed by atoms with van der Waals surface area (Å²) in [6.07, 6.45) is -14.7. The van der Waals surface area contributed by atoms with Crippen LogP contribution in [0.15, 0.2) is 49.5 Å². The summed E-state index contributed by atoms with van der Waals surface area (Å²) in [7, 11) is 1.95. The van der Waals surface area contributed by atoms with Crippen LogP contribution in [0.2, 0.25) is 15.1 Å². The van der Waals surface area contributed by atoms with Crippen molar-refractivity contribution in [3.05, 3.63) is 110 Å². The number of aromatic nitrogens is 4. The first-order chi connectivity index (χ1) is 21.8. The van der Waals surface area contributed by atoms with Gasteiger partial charge in [0.2, 0.25) is 0 Å². The van der Waals surface area contributed by atoms with Gasteiger partial charge in [0.05, 0.1) is 33.4 Å². The Hall–Kier alpha value is -4.43. The number of rotatable bonds is 3. The van der Waals surface area contributed by atoms with Gasteiger partial charge in [0.25, 0.3) is 11.1 Å². The van der Waals surface area contributed by atoms with Crippen LogP contribution in [0.3, 0.4) is 0 Å². The van der Waals surface area contributed by atoms with Gasteiger partial charge in [-0.3, -0.25) is 14.2 Å². The minimum Gasteiger partial charge on any atom is -0.493 e. The number of alkyl halides is 9. The van der Waals surface area contributed by atoms with E-state index in [1.54, 1.807) is 0 Å². The number of nitrogens with one attached hydrogen (secondary N) is 1. The third-order valence-electron chi connectivity index (χ3n) is 6.04. The highest BCUT2D eigenvalue weighted by molar-refractivity contribution is 6.37. The molecule has 0 aliphatic heterocycles. The van der Waals surface area contributed by atoms with Gasteiger partial charge in [0.15, 0.2) is 11.6 Å². The highest BCUT2D eigenvalue weighted by Gasteiger charge is 2.36. The van der Waals surface area contributed by atoms with Gasteiger partial charge in [-0.05, 0) is 18.2 Å². The van der Waals surface area contributed by atoms with Crippen LogP contribution in [0.1, 0.15) is 17.0 Å². The Morgan fingerprint density at radius 1 is 0.729 bits per heavy atom. The number of benzene rings is 2. The fraction of sp³-hybridized carbons (Fsp3) is 0.200. The zero-order chi connectivity index (χ0) is 36.8. The summed E-state index contributed by atoms with van der Waals surface area (Å²) in [6, 6.07) is 1.75. The fourth-order valence-electron chi connectivity index (χ4n) is 3.95. The molecule has 2 aromatic heterocycles. The number of anilines is 1. The summed E-state index contributed by atoms with van der Waals surface area (Å²) in [5.41, 5.74) is -6.44. The van der Waals surface area contributed by atoms with Crippen molar-refractivity contribution in [3.8, 4) is 17.1 Å². The van der Waals surface area contributed by atoms with Crippen molar-refractivity contribution in [2.24, 2.45) is 7.05 Å². The van der Waals surface area contributed by atoms with Crippen molar-refractivity contribution in [2.45, 2.75) is 18.5 Å². The highest BCUT2D eigenvalue weighted by atomic mass is 35.5. The molecule has 0 fully saturated rings. The maximum atomic E-state index is 14.2. The largest absolute Gasteiger partial charge is 0.493 e. The average Bonchev–Trinajstić information content (AvgIpc) is 2.92. The van der Waals surface area contributed by atoms with Crippen molar-refractivity contribution in [3.63, 3.8) is 0 Å². The summed E-state index contributed by atoms with van der Waals surface area (Å²) in [4.78, 5) is 49.1. The van der Waals surface area contributed by atoms with E-state index < -0.39 is 90.9 Å². The number of hydrogen-bond donors (Lipinski definition) is 2. The van der Waals surface area contributed by atoms with Gasteiger partial charge < -0.3 is 15.5 Å². The highest BCUT2D eigenvalue weighted by Crippen LogP contribution is 2.38. The van der Waals surface area contributed by atoms with Crippen molar-refractivity contribution in [1.82, 2.24) is 18.7 Å². The fourth-order valence-corrected chi connectivity index (χ4v) is 4.88. The van der Waals surface area contributed by atoms with E-state index in [1.807, 2.05) is 0 Å². The zero-order valence-electron chi connectivity index (χ0n) is 23.3. The summed E-state index contributed by atoms with van der Waals surface area (Å²) in [5, 5.41) is -1.70. The summed E-state index contributed by atoms with van der Waals surface area (Å²) in [6.45, 7) is 0. The molecular formula is C25H14Cl3F10N5O5. The maximum Gasteiger partial charge on any atom is 0.431 e. The molecule has 10 nitrogen and oxygen atoms in total. The molecule has 0 atom stereocenters.